The number of carbonyl (C=O) groups is 1. The van der Waals surface area contributed by atoms with E-state index in [4.69, 9.17) is 4.42 Å². The summed E-state index contributed by atoms with van der Waals surface area (Å²) in [6.45, 7) is 5.97. The third kappa shape index (κ3) is 3.89. The van der Waals surface area contributed by atoms with E-state index in [1.54, 1.807) is 30.3 Å². The van der Waals surface area contributed by atoms with Gasteiger partial charge in [0, 0.05) is 24.2 Å². The Morgan fingerprint density at radius 3 is 2.48 bits per heavy atom. The zero-order valence-electron chi connectivity index (χ0n) is 15.2. The minimum atomic E-state index is -0.473. The lowest BCUT2D eigenvalue weighted by Gasteiger charge is -2.17. The van der Waals surface area contributed by atoms with Gasteiger partial charge in [-0.2, -0.15) is 5.10 Å². The highest BCUT2D eigenvalue weighted by atomic mass is 16.6. The number of aromatic nitrogens is 2. The third-order valence-electron chi connectivity index (χ3n) is 4.38. The Morgan fingerprint density at radius 1 is 1.22 bits per heavy atom. The van der Waals surface area contributed by atoms with Crippen molar-refractivity contribution in [3.63, 3.8) is 0 Å². The van der Waals surface area contributed by atoms with Gasteiger partial charge in [0.15, 0.2) is 5.76 Å². The number of nitrogens with one attached hydrogen (secondary N) is 1. The molecule has 2 heterocycles. The number of carbonyl (C=O) groups excluding carboxylic acids is 1. The summed E-state index contributed by atoms with van der Waals surface area (Å²) in [5.41, 5.74) is 1.33. The quantitative estimate of drug-likeness (QED) is 0.526. The second kappa shape index (κ2) is 7.45. The van der Waals surface area contributed by atoms with Crippen molar-refractivity contribution in [1.29, 1.82) is 0 Å². The SMILES string of the molecule is CC(C)[C@H](C)NC(=O)c1cc(-c2ccco2)nn1-c1ccc([N+](=O)[O-])cc1. The van der Waals surface area contributed by atoms with Crippen LogP contribution >= 0.6 is 0 Å². The highest BCUT2D eigenvalue weighted by Crippen LogP contribution is 2.23. The van der Waals surface area contributed by atoms with E-state index in [0.717, 1.165) is 0 Å². The second-order valence-electron chi connectivity index (χ2n) is 6.58. The highest BCUT2D eigenvalue weighted by Gasteiger charge is 2.21. The molecular weight excluding hydrogens is 348 g/mol. The van der Waals surface area contributed by atoms with Crippen molar-refractivity contribution in [2.45, 2.75) is 26.8 Å². The number of amides is 1. The summed E-state index contributed by atoms with van der Waals surface area (Å²) in [6, 6.07) is 11.0. The van der Waals surface area contributed by atoms with E-state index in [2.05, 4.69) is 10.4 Å². The molecule has 3 aromatic rings. The molecule has 0 radical (unpaired) electrons. The van der Waals surface area contributed by atoms with Gasteiger partial charge < -0.3 is 9.73 Å². The molecule has 0 saturated heterocycles. The lowest BCUT2D eigenvalue weighted by molar-refractivity contribution is -0.384. The first-order valence-corrected chi connectivity index (χ1v) is 8.56. The fraction of sp³-hybridized carbons (Fsp3) is 0.263. The Kier molecular flexibility index (Phi) is 5.07. The number of nitro groups is 1. The minimum absolute atomic E-state index is 0.0234. The van der Waals surface area contributed by atoms with Crippen molar-refractivity contribution in [3.8, 4) is 17.1 Å². The lowest BCUT2D eigenvalue weighted by atomic mass is 10.1. The Hall–Kier alpha value is -3.42. The summed E-state index contributed by atoms with van der Waals surface area (Å²) in [6.07, 6.45) is 1.53. The zero-order chi connectivity index (χ0) is 19.6. The van der Waals surface area contributed by atoms with Gasteiger partial charge in [0.05, 0.1) is 16.9 Å². The van der Waals surface area contributed by atoms with E-state index >= 15 is 0 Å². The van der Waals surface area contributed by atoms with Crippen molar-refractivity contribution in [2.75, 3.05) is 0 Å². The third-order valence-corrected chi connectivity index (χ3v) is 4.38. The van der Waals surface area contributed by atoms with Gasteiger partial charge in [-0.3, -0.25) is 14.9 Å². The Morgan fingerprint density at radius 2 is 1.93 bits per heavy atom. The van der Waals surface area contributed by atoms with E-state index in [9.17, 15) is 14.9 Å². The van der Waals surface area contributed by atoms with Gasteiger partial charge in [0.2, 0.25) is 0 Å². The van der Waals surface area contributed by atoms with Crippen molar-refractivity contribution in [2.24, 2.45) is 5.92 Å². The fourth-order valence-corrected chi connectivity index (χ4v) is 2.45. The molecule has 0 aliphatic carbocycles. The van der Waals surface area contributed by atoms with Gasteiger partial charge in [0.1, 0.15) is 11.4 Å². The molecular formula is C19H20N4O4. The van der Waals surface area contributed by atoms with Crippen LogP contribution in [0.5, 0.6) is 0 Å². The summed E-state index contributed by atoms with van der Waals surface area (Å²) >= 11 is 0. The Labute approximate surface area is 156 Å². The molecule has 2 aromatic heterocycles. The summed E-state index contributed by atoms with van der Waals surface area (Å²) < 4.78 is 6.84. The number of nitro benzene ring substituents is 1. The lowest BCUT2D eigenvalue weighted by Crippen LogP contribution is -2.37. The van der Waals surface area contributed by atoms with Crippen molar-refractivity contribution < 1.29 is 14.1 Å². The molecule has 140 valence electrons. The van der Waals surface area contributed by atoms with Crippen LogP contribution < -0.4 is 5.32 Å². The highest BCUT2D eigenvalue weighted by molar-refractivity contribution is 5.94. The van der Waals surface area contributed by atoms with Crippen molar-refractivity contribution in [1.82, 2.24) is 15.1 Å². The van der Waals surface area contributed by atoms with Gasteiger partial charge in [0.25, 0.3) is 11.6 Å². The van der Waals surface area contributed by atoms with Crippen LogP contribution in [0.4, 0.5) is 5.69 Å². The largest absolute Gasteiger partial charge is 0.463 e. The van der Waals surface area contributed by atoms with Crippen LogP contribution in [-0.4, -0.2) is 26.7 Å². The average molecular weight is 368 g/mol. The molecule has 0 aliphatic rings. The molecule has 1 atom stereocenters. The molecule has 3 rings (SSSR count). The van der Waals surface area contributed by atoms with Crippen LogP contribution in [0, 0.1) is 16.0 Å². The summed E-state index contributed by atoms with van der Waals surface area (Å²) in [4.78, 5) is 23.2. The molecule has 0 aliphatic heterocycles. The Bertz CT molecular complexity index is 943. The zero-order valence-corrected chi connectivity index (χ0v) is 15.2. The summed E-state index contributed by atoms with van der Waals surface area (Å²) in [7, 11) is 0. The molecule has 0 unspecified atom stereocenters. The van der Waals surface area contributed by atoms with E-state index in [-0.39, 0.29) is 23.6 Å². The van der Waals surface area contributed by atoms with Crippen LogP contribution in [0.1, 0.15) is 31.3 Å². The van der Waals surface area contributed by atoms with Crippen molar-refractivity contribution in [3.05, 3.63) is 64.5 Å². The van der Waals surface area contributed by atoms with Gasteiger partial charge in [-0.15, -0.1) is 0 Å². The topological polar surface area (TPSA) is 103 Å². The first-order chi connectivity index (χ1) is 12.9. The minimum Gasteiger partial charge on any atom is -0.463 e. The van der Waals surface area contributed by atoms with Crippen LogP contribution in [0.2, 0.25) is 0 Å². The second-order valence-corrected chi connectivity index (χ2v) is 6.58. The maximum Gasteiger partial charge on any atom is 0.270 e. The predicted octanol–water partition coefficient (Wildman–Crippen LogP) is 3.81. The van der Waals surface area contributed by atoms with E-state index in [1.165, 1.54) is 23.1 Å². The molecule has 1 N–H and O–H groups in total. The molecule has 27 heavy (non-hydrogen) atoms. The number of benzene rings is 1. The van der Waals surface area contributed by atoms with Gasteiger partial charge in [-0.25, -0.2) is 4.68 Å². The number of hydrogen-bond acceptors (Lipinski definition) is 5. The summed E-state index contributed by atoms with van der Waals surface area (Å²) in [5.74, 6) is 0.524. The van der Waals surface area contributed by atoms with Crippen LogP contribution in [-0.2, 0) is 0 Å². The predicted molar refractivity (Wildman–Crippen MR) is 99.7 cm³/mol. The van der Waals surface area contributed by atoms with Crippen LogP contribution in [0.15, 0.2) is 53.1 Å². The molecule has 0 fully saturated rings. The van der Waals surface area contributed by atoms with Gasteiger partial charge >= 0.3 is 0 Å². The number of nitrogens with zero attached hydrogens (tertiary/aromatic N) is 3. The smallest absolute Gasteiger partial charge is 0.270 e. The number of non-ortho nitro benzene ring substituents is 1. The first-order valence-electron chi connectivity index (χ1n) is 8.56. The fourth-order valence-electron chi connectivity index (χ4n) is 2.45. The maximum atomic E-state index is 12.8. The molecule has 1 amide bonds. The Balaban J connectivity index is 2.02. The molecule has 8 heteroatoms. The number of furan rings is 1. The molecule has 0 saturated carbocycles. The van der Waals surface area contributed by atoms with E-state index < -0.39 is 4.92 Å². The average Bonchev–Trinajstić information content (AvgIpc) is 3.31. The van der Waals surface area contributed by atoms with Gasteiger partial charge in [-0.1, -0.05) is 13.8 Å². The van der Waals surface area contributed by atoms with E-state index in [1.807, 2.05) is 20.8 Å². The number of rotatable bonds is 6. The molecule has 1 aromatic carbocycles. The van der Waals surface area contributed by atoms with Gasteiger partial charge in [-0.05, 0) is 37.1 Å². The van der Waals surface area contributed by atoms with E-state index in [0.29, 0.717) is 22.8 Å². The molecule has 0 spiro atoms. The first kappa shape index (κ1) is 18.4. The number of hydrogen-bond donors (Lipinski definition) is 1. The molecule has 8 nitrogen and oxygen atoms in total. The van der Waals surface area contributed by atoms with Crippen molar-refractivity contribution >= 4 is 11.6 Å². The maximum absolute atomic E-state index is 12.8. The van der Waals surface area contributed by atoms with Crippen LogP contribution in [0.3, 0.4) is 0 Å². The molecule has 0 bridgehead atoms. The summed E-state index contributed by atoms with van der Waals surface area (Å²) in [5, 5.41) is 18.3. The standard InChI is InChI=1S/C19H20N4O4/c1-12(2)13(3)20-19(24)17-11-16(18-5-4-10-27-18)21-22(17)14-6-8-15(9-7-14)23(25)26/h4-13H,1-3H3,(H,20,24)/t13-/m0/s1. The monoisotopic (exact) mass is 368 g/mol. The normalized spacial score (nSPS) is 12.1. The van der Waals surface area contributed by atoms with Crippen LogP contribution in [0.25, 0.3) is 17.1 Å².